The van der Waals surface area contributed by atoms with E-state index >= 15 is 0 Å². The molecule has 1 aliphatic heterocycles. The number of aromatic nitrogens is 2. The van der Waals surface area contributed by atoms with Crippen LogP contribution in [-0.4, -0.2) is 46.3 Å². The van der Waals surface area contributed by atoms with Gasteiger partial charge in [-0.3, -0.25) is 9.48 Å². The third-order valence-electron chi connectivity index (χ3n) is 3.28. The number of nitrogens with zero attached hydrogens (tertiary/aromatic N) is 3. The summed E-state index contributed by atoms with van der Waals surface area (Å²) in [5, 5.41) is 7.57. The number of nitrogens with one attached hydrogen (secondary N) is 1. The maximum atomic E-state index is 12.4. The summed E-state index contributed by atoms with van der Waals surface area (Å²) >= 11 is 0. The predicted molar refractivity (Wildman–Crippen MR) is 77.8 cm³/mol. The Bertz CT molecular complexity index is 438. The van der Waals surface area contributed by atoms with Gasteiger partial charge in [-0.1, -0.05) is 0 Å². The van der Waals surface area contributed by atoms with E-state index in [1.165, 1.54) is 0 Å². The standard InChI is InChI=1S/C13H22N4O.ClH/c1-10-7-14-5-6-16(10)12(18)11-8-15-17(9-11)13(2,3)4;/h8-10,14H,5-7H2,1-4H3;1H/t10-;/m1./s1. The second-order valence-electron chi connectivity index (χ2n) is 5.90. The summed E-state index contributed by atoms with van der Waals surface area (Å²) in [5.41, 5.74) is 0.590. The molecule has 1 fully saturated rings. The van der Waals surface area contributed by atoms with Crippen molar-refractivity contribution in [2.24, 2.45) is 0 Å². The van der Waals surface area contributed by atoms with Crippen LogP contribution in [0.2, 0.25) is 0 Å². The van der Waals surface area contributed by atoms with Gasteiger partial charge in [-0.25, -0.2) is 0 Å². The Morgan fingerprint density at radius 1 is 1.47 bits per heavy atom. The summed E-state index contributed by atoms with van der Waals surface area (Å²) in [7, 11) is 0. The van der Waals surface area contributed by atoms with Crippen molar-refractivity contribution in [3.8, 4) is 0 Å². The molecule has 0 unspecified atom stereocenters. The molecule has 0 aliphatic carbocycles. The van der Waals surface area contributed by atoms with Crippen molar-refractivity contribution < 1.29 is 4.79 Å². The van der Waals surface area contributed by atoms with Crippen molar-refractivity contribution in [2.45, 2.75) is 39.3 Å². The smallest absolute Gasteiger partial charge is 0.257 e. The van der Waals surface area contributed by atoms with Crippen molar-refractivity contribution in [1.82, 2.24) is 20.0 Å². The Morgan fingerprint density at radius 3 is 2.68 bits per heavy atom. The van der Waals surface area contributed by atoms with Gasteiger partial charge in [-0.15, -0.1) is 12.4 Å². The van der Waals surface area contributed by atoms with E-state index in [0.29, 0.717) is 5.56 Å². The average Bonchev–Trinajstić information content (AvgIpc) is 2.77. The first-order valence-electron chi connectivity index (χ1n) is 6.46. The maximum Gasteiger partial charge on any atom is 0.257 e. The minimum atomic E-state index is -0.0897. The van der Waals surface area contributed by atoms with Gasteiger partial charge in [0.25, 0.3) is 5.91 Å². The van der Waals surface area contributed by atoms with E-state index in [2.05, 4.69) is 38.1 Å². The zero-order chi connectivity index (χ0) is 13.3. The van der Waals surface area contributed by atoms with Gasteiger partial charge in [0.1, 0.15) is 0 Å². The highest BCUT2D eigenvalue weighted by Gasteiger charge is 2.25. The predicted octanol–water partition coefficient (Wildman–Crippen LogP) is 1.49. The lowest BCUT2D eigenvalue weighted by atomic mass is 10.1. The molecule has 5 nitrogen and oxygen atoms in total. The van der Waals surface area contributed by atoms with Crippen molar-refractivity contribution in [2.75, 3.05) is 19.6 Å². The molecular weight excluding hydrogens is 264 g/mol. The second kappa shape index (κ2) is 5.92. The molecule has 1 saturated heterocycles. The SMILES string of the molecule is C[C@@H]1CNCCN1C(=O)c1cnn(C(C)(C)C)c1.Cl. The monoisotopic (exact) mass is 286 g/mol. The van der Waals surface area contributed by atoms with Crippen LogP contribution in [-0.2, 0) is 5.54 Å². The maximum absolute atomic E-state index is 12.4. The van der Waals surface area contributed by atoms with Crippen LogP contribution in [0.1, 0.15) is 38.1 Å². The Kier molecular flexibility index (Phi) is 4.98. The molecular formula is C13H23ClN4O. The molecule has 0 bridgehead atoms. The molecule has 1 aromatic rings. The first-order valence-corrected chi connectivity index (χ1v) is 6.46. The van der Waals surface area contributed by atoms with Crippen LogP contribution in [0.3, 0.4) is 0 Å². The lowest BCUT2D eigenvalue weighted by molar-refractivity contribution is 0.0655. The Labute approximate surface area is 120 Å². The number of carbonyl (C=O) groups excluding carboxylic acids is 1. The fourth-order valence-corrected chi connectivity index (χ4v) is 2.11. The van der Waals surface area contributed by atoms with Crippen LogP contribution >= 0.6 is 12.4 Å². The number of hydrogen-bond donors (Lipinski definition) is 1. The fraction of sp³-hybridized carbons (Fsp3) is 0.692. The molecule has 1 atom stereocenters. The van der Waals surface area contributed by atoms with Gasteiger partial charge in [-0.05, 0) is 27.7 Å². The van der Waals surface area contributed by atoms with Crippen LogP contribution in [0.5, 0.6) is 0 Å². The van der Waals surface area contributed by atoms with Gasteiger partial charge in [0.05, 0.1) is 17.3 Å². The third-order valence-corrected chi connectivity index (χ3v) is 3.28. The van der Waals surface area contributed by atoms with E-state index in [1.54, 1.807) is 6.20 Å². The molecule has 1 amide bonds. The van der Waals surface area contributed by atoms with Crippen molar-refractivity contribution in [1.29, 1.82) is 0 Å². The number of halogens is 1. The molecule has 6 heteroatoms. The first-order chi connectivity index (χ1) is 8.39. The molecule has 19 heavy (non-hydrogen) atoms. The average molecular weight is 287 g/mol. The fourth-order valence-electron chi connectivity index (χ4n) is 2.11. The van der Waals surface area contributed by atoms with Gasteiger partial charge in [0.15, 0.2) is 0 Å². The quantitative estimate of drug-likeness (QED) is 0.851. The normalized spacial score (nSPS) is 20.0. The summed E-state index contributed by atoms with van der Waals surface area (Å²) in [6.07, 6.45) is 3.51. The molecule has 0 saturated carbocycles. The van der Waals surface area contributed by atoms with Gasteiger partial charge in [-0.2, -0.15) is 5.10 Å². The van der Waals surface area contributed by atoms with E-state index in [-0.39, 0.29) is 29.9 Å². The number of hydrogen-bond acceptors (Lipinski definition) is 3. The molecule has 108 valence electrons. The van der Waals surface area contributed by atoms with Crippen molar-refractivity contribution >= 4 is 18.3 Å². The summed E-state index contributed by atoms with van der Waals surface area (Å²) in [6.45, 7) is 10.8. The number of amides is 1. The van der Waals surface area contributed by atoms with Crippen LogP contribution in [0, 0.1) is 0 Å². The highest BCUT2D eigenvalue weighted by molar-refractivity contribution is 5.94. The van der Waals surface area contributed by atoms with Gasteiger partial charge < -0.3 is 10.2 Å². The summed E-state index contributed by atoms with van der Waals surface area (Å²) < 4.78 is 1.84. The minimum absolute atomic E-state index is 0. The van der Waals surface area contributed by atoms with E-state index in [9.17, 15) is 4.79 Å². The van der Waals surface area contributed by atoms with Crippen molar-refractivity contribution in [3.63, 3.8) is 0 Å². The number of carbonyl (C=O) groups is 1. The lowest BCUT2D eigenvalue weighted by Gasteiger charge is -2.33. The lowest BCUT2D eigenvalue weighted by Crippen LogP contribution is -2.52. The highest BCUT2D eigenvalue weighted by Crippen LogP contribution is 2.15. The van der Waals surface area contributed by atoms with E-state index in [1.807, 2.05) is 15.8 Å². The Hall–Kier alpha value is -1.07. The highest BCUT2D eigenvalue weighted by atomic mass is 35.5. The molecule has 1 N–H and O–H groups in total. The molecule has 0 aromatic carbocycles. The zero-order valence-corrected chi connectivity index (χ0v) is 12.8. The summed E-state index contributed by atoms with van der Waals surface area (Å²) in [4.78, 5) is 14.3. The Morgan fingerprint density at radius 2 is 2.16 bits per heavy atom. The number of piperazine rings is 1. The van der Waals surface area contributed by atoms with E-state index in [4.69, 9.17) is 0 Å². The van der Waals surface area contributed by atoms with Crippen LogP contribution in [0.15, 0.2) is 12.4 Å². The van der Waals surface area contributed by atoms with Crippen molar-refractivity contribution in [3.05, 3.63) is 18.0 Å². The minimum Gasteiger partial charge on any atom is -0.333 e. The second-order valence-corrected chi connectivity index (χ2v) is 5.90. The van der Waals surface area contributed by atoms with Crippen LogP contribution in [0.4, 0.5) is 0 Å². The third kappa shape index (κ3) is 3.48. The van der Waals surface area contributed by atoms with Gasteiger partial charge in [0.2, 0.25) is 0 Å². The summed E-state index contributed by atoms with van der Waals surface area (Å²) in [6, 6.07) is 0.240. The molecule has 0 radical (unpaired) electrons. The van der Waals surface area contributed by atoms with Gasteiger partial charge in [0, 0.05) is 31.9 Å². The Balaban J connectivity index is 0.00000180. The summed E-state index contributed by atoms with van der Waals surface area (Å²) in [5.74, 6) is 0.0829. The van der Waals surface area contributed by atoms with Crippen LogP contribution in [0.25, 0.3) is 0 Å². The largest absolute Gasteiger partial charge is 0.333 e. The molecule has 0 spiro atoms. The first kappa shape index (κ1) is 16.0. The molecule has 2 rings (SSSR count). The van der Waals surface area contributed by atoms with E-state index < -0.39 is 0 Å². The van der Waals surface area contributed by atoms with Crippen LogP contribution < -0.4 is 5.32 Å². The topological polar surface area (TPSA) is 50.2 Å². The zero-order valence-electron chi connectivity index (χ0n) is 12.0. The molecule has 2 heterocycles. The van der Waals surface area contributed by atoms with Gasteiger partial charge >= 0.3 is 0 Å². The molecule has 1 aliphatic rings. The number of rotatable bonds is 1. The van der Waals surface area contributed by atoms with E-state index in [0.717, 1.165) is 19.6 Å². The molecule has 1 aromatic heterocycles.